The van der Waals surface area contributed by atoms with Crippen LogP contribution in [-0.2, 0) is 4.74 Å². The average molecular weight is 294 g/mol. The summed E-state index contributed by atoms with van der Waals surface area (Å²) in [5.41, 5.74) is 8.58. The molecule has 1 aromatic rings. The van der Waals surface area contributed by atoms with Crippen LogP contribution in [0.1, 0.15) is 29.7 Å². The number of rotatable bonds is 4. The number of nitrogens with zero attached hydrogens (tertiary/aromatic N) is 3. The number of thiocarbonyl (C=S) groups is 1. The van der Waals surface area contributed by atoms with E-state index in [4.69, 9.17) is 22.7 Å². The zero-order chi connectivity index (χ0) is 14.7. The molecule has 1 atom stereocenters. The fraction of sp³-hybridized carbons (Fsp3) is 0.643. The first-order valence-electron chi connectivity index (χ1n) is 6.93. The van der Waals surface area contributed by atoms with Crippen LogP contribution in [0, 0.1) is 19.8 Å². The molecule has 1 saturated heterocycles. The van der Waals surface area contributed by atoms with Gasteiger partial charge in [0.1, 0.15) is 4.99 Å². The van der Waals surface area contributed by atoms with Gasteiger partial charge in [0.05, 0.1) is 17.9 Å². The molecule has 0 amide bonds. The van der Waals surface area contributed by atoms with Crippen molar-refractivity contribution in [2.24, 2.45) is 11.7 Å². The van der Waals surface area contributed by atoms with Crippen molar-refractivity contribution in [3.8, 4) is 0 Å². The summed E-state index contributed by atoms with van der Waals surface area (Å²) in [6.07, 6.45) is 2.31. The van der Waals surface area contributed by atoms with Gasteiger partial charge in [-0.2, -0.15) is 5.10 Å². The summed E-state index contributed by atoms with van der Waals surface area (Å²) >= 11 is 5.18. The SMILES string of the molecule is Cc1nnc(N(C)CC2CCCOC2)c(C(N)=S)c1C. The van der Waals surface area contributed by atoms with E-state index in [1.54, 1.807) is 0 Å². The summed E-state index contributed by atoms with van der Waals surface area (Å²) in [4.78, 5) is 2.47. The third-order valence-corrected chi connectivity index (χ3v) is 4.03. The second kappa shape index (κ2) is 6.45. The molecule has 0 radical (unpaired) electrons. The van der Waals surface area contributed by atoms with Crippen LogP contribution in [0.15, 0.2) is 0 Å². The Morgan fingerprint density at radius 1 is 1.45 bits per heavy atom. The van der Waals surface area contributed by atoms with Crippen molar-refractivity contribution < 1.29 is 4.74 Å². The molecule has 0 aromatic carbocycles. The number of anilines is 1. The van der Waals surface area contributed by atoms with Crippen LogP contribution in [0.2, 0.25) is 0 Å². The average Bonchev–Trinajstić information content (AvgIpc) is 2.42. The maximum atomic E-state index is 5.87. The predicted octanol–water partition coefficient (Wildman–Crippen LogP) is 1.59. The lowest BCUT2D eigenvalue weighted by atomic mass is 10.0. The van der Waals surface area contributed by atoms with Crippen LogP contribution in [0.4, 0.5) is 5.82 Å². The Balaban J connectivity index is 2.22. The van der Waals surface area contributed by atoms with Gasteiger partial charge < -0.3 is 15.4 Å². The van der Waals surface area contributed by atoms with Crippen LogP contribution < -0.4 is 10.6 Å². The van der Waals surface area contributed by atoms with E-state index in [-0.39, 0.29) is 0 Å². The van der Waals surface area contributed by atoms with Crippen molar-refractivity contribution in [1.29, 1.82) is 0 Å². The lowest BCUT2D eigenvalue weighted by Gasteiger charge is -2.29. The summed E-state index contributed by atoms with van der Waals surface area (Å²) in [5, 5.41) is 8.49. The second-order valence-electron chi connectivity index (χ2n) is 5.44. The first-order valence-corrected chi connectivity index (χ1v) is 7.34. The van der Waals surface area contributed by atoms with Gasteiger partial charge in [0, 0.05) is 20.2 Å². The monoisotopic (exact) mass is 294 g/mol. The molecule has 20 heavy (non-hydrogen) atoms. The van der Waals surface area contributed by atoms with E-state index in [2.05, 4.69) is 15.1 Å². The minimum atomic E-state index is 0.377. The zero-order valence-electron chi connectivity index (χ0n) is 12.3. The molecule has 1 aromatic heterocycles. The molecule has 0 saturated carbocycles. The lowest BCUT2D eigenvalue weighted by molar-refractivity contribution is 0.0576. The fourth-order valence-corrected chi connectivity index (χ4v) is 2.83. The Morgan fingerprint density at radius 2 is 2.20 bits per heavy atom. The molecule has 2 heterocycles. The van der Waals surface area contributed by atoms with Gasteiger partial charge in [-0.1, -0.05) is 12.2 Å². The van der Waals surface area contributed by atoms with Crippen LogP contribution in [-0.4, -0.2) is 42.0 Å². The van der Waals surface area contributed by atoms with Gasteiger partial charge in [0.2, 0.25) is 0 Å². The first-order chi connectivity index (χ1) is 9.50. The van der Waals surface area contributed by atoms with E-state index < -0.39 is 0 Å². The highest BCUT2D eigenvalue weighted by molar-refractivity contribution is 7.80. The summed E-state index contributed by atoms with van der Waals surface area (Å²) < 4.78 is 5.53. The van der Waals surface area contributed by atoms with Crippen LogP contribution in [0.3, 0.4) is 0 Å². The number of aromatic nitrogens is 2. The molecule has 1 unspecified atom stereocenters. The second-order valence-corrected chi connectivity index (χ2v) is 5.88. The zero-order valence-corrected chi connectivity index (χ0v) is 13.2. The van der Waals surface area contributed by atoms with Crippen molar-refractivity contribution in [3.05, 3.63) is 16.8 Å². The molecule has 110 valence electrons. The van der Waals surface area contributed by atoms with Crippen LogP contribution >= 0.6 is 12.2 Å². The highest BCUT2D eigenvalue weighted by Gasteiger charge is 2.21. The van der Waals surface area contributed by atoms with Crippen LogP contribution in [0.5, 0.6) is 0 Å². The van der Waals surface area contributed by atoms with E-state index in [0.29, 0.717) is 10.9 Å². The van der Waals surface area contributed by atoms with Crippen molar-refractivity contribution in [2.45, 2.75) is 26.7 Å². The normalized spacial score (nSPS) is 18.9. The van der Waals surface area contributed by atoms with Gasteiger partial charge >= 0.3 is 0 Å². The van der Waals surface area contributed by atoms with E-state index >= 15 is 0 Å². The Bertz CT molecular complexity index is 500. The van der Waals surface area contributed by atoms with E-state index in [0.717, 1.165) is 48.8 Å². The molecule has 0 bridgehead atoms. The Labute approximate surface area is 125 Å². The summed E-state index contributed by atoms with van der Waals surface area (Å²) in [6, 6.07) is 0. The minimum Gasteiger partial charge on any atom is -0.389 e. The number of hydrogen-bond donors (Lipinski definition) is 1. The van der Waals surface area contributed by atoms with E-state index in [1.807, 2.05) is 20.9 Å². The molecule has 0 aliphatic carbocycles. The quantitative estimate of drug-likeness (QED) is 0.851. The number of hydrogen-bond acceptors (Lipinski definition) is 5. The topological polar surface area (TPSA) is 64.3 Å². The maximum Gasteiger partial charge on any atom is 0.161 e. The largest absolute Gasteiger partial charge is 0.389 e. The minimum absolute atomic E-state index is 0.377. The third kappa shape index (κ3) is 3.24. The standard InChI is InChI=1S/C14H22N4OS/c1-9-10(2)16-17-14(12(9)13(15)20)18(3)7-11-5-4-6-19-8-11/h11H,4-8H2,1-3H3,(H2,15,20). The third-order valence-electron chi connectivity index (χ3n) is 3.83. The van der Waals surface area contributed by atoms with Crippen molar-refractivity contribution >= 4 is 23.0 Å². The highest BCUT2D eigenvalue weighted by atomic mass is 32.1. The number of ether oxygens (including phenoxy) is 1. The Morgan fingerprint density at radius 3 is 2.80 bits per heavy atom. The van der Waals surface area contributed by atoms with Crippen molar-refractivity contribution in [1.82, 2.24) is 10.2 Å². The lowest BCUT2D eigenvalue weighted by Crippen LogP contribution is -2.33. The molecular weight excluding hydrogens is 272 g/mol. The molecule has 6 heteroatoms. The van der Waals surface area contributed by atoms with E-state index in [1.165, 1.54) is 6.42 Å². The smallest absolute Gasteiger partial charge is 0.161 e. The Kier molecular flexibility index (Phi) is 4.88. The number of aryl methyl sites for hydroxylation is 1. The summed E-state index contributed by atoms with van der Waals surface area (Å²) in [7, 11) is 2.01. The summed E-state index contributed by atoms with van der Waals surface area (Å²) in [6.45, 7) is 6.47. The van der Waals surface area contributed by atoms with Crippen molar-refractivity contribution in [3.63, 3.8) is 0 Å². The van der Waals surface area contributed by atoms with Crippen molar-refractivity contribution in [2.75, 3.05) is 31.7 Å². The fourth-order valence-electron chi connectivity index (χ4n) is 2.58. The molecule has 1 aliphatic heterocycles. The molecule has 0 spiro atoms. The predicted molar refractivity (Wildman–Crippen MR) is 84.2 cm³/mol. The molecular formula is C14H22N4OS. The molecule has 1 aliphatic rings. The molecule has 2 rings (SSSR count). The Hall–Kier alpha value is -1.27. The van der Waals surface area contributed by atoms with Gasteiger partial charge in [-0.05, 0) is 38.2 Å². The highest BCUT2D eigenvalue weighted by Crippen LogP contribution is 2.23. The molecule has 5 nitrogen and oxygen atoms in total. The van der Waals surface area contributed by atoms with Gasteiger partial charge in [0.15, 0.2) is 5.82 Å². The first kappa shape index (κ1) is 15.1. The molecule has 2 N–H and O–H groups in total. The van der Waals surface area contributed by atoms with E-state index in [9.17, 15) is 0 Å². The van der Waals surface area contributed by atoms with Crippen LogP contribution in [0.25, 0.3) is 0 Å². The maximum absolute atomic E-state index is 5.87. The summed E-state index contributed by atoms with van der Waals surface area (Å²) in [5.74, 6) is 1.29. The number of nitrogens with two attached hydrogens (primary N) is 1. The molecule has 1 fully saturated rings. The van der Waals surface area contributed by atoms with Gasteiger partial charge in [0.25, 0.3) is 0 Å². The van der Waals surface area contributed by atoms with Gasteiger partial charge in [-0.15, -0.1) is 5.10 Å². The van der Waals surface area contributed by atoms with Gasteiger partial charge in [-0.25, -0.2) is 0 Å². The van der Waals surface area contributed by atoms with Gasteiger partial charge in [-0.3, -0.25) is 0 Å².